The molecule has 1 unspecified atom stereocenters. The molecule has 0 bridgehead atoms. The van der Waals surface area contributed by atoms with Crippen molar-refractivity contribution in [2.24, 2.45) is 5.73 Å². The predicted octanol–water partition coefficient (Wildman–Crippen LogP) is 3.07. The molecule has 0 spiro atoms. The molecular weight excluding hydrogens is 324 g/mol. The summed E-state index contributed by atoms with van der Waals surface area (Å²) in [5.74, 6) is 0. The fourth-order valence-electron chi connectivity index (χ4n) is 1.48. The molecule has 2 rings (SSSR count). The first kappa shape index (κ1) is 14.4. The zero-order valence-corrected chi connectivity index (χ0v) is 13.0. The highest BCUT2D eigenvalue weighted by Gasteiger charge is 2.07. The molecule has 0 aromatic carbocycles. The van der Waals surface area contributed by atoms with Gasteiger partial charge < -0.3 is 5.73 Å². The third-order valence-electron chi connectivity index (χ3n) is 2.62. The zero-order chi connectivity index (χ0) is 13.7. The third-order valence-corrected chi connectivity index (χ3v) is 4.43. The molecule has 0 aliphatic rings. The molecule has 0 fully saturated rings. The Morgan fingerprint density at radius 1 is 1.32 bits per heavy atom. The van der Waals surface area contributed by atoms with Crippen molar-refractivity contribution in [2.75, 3.05) is 0 Å². The molecular formula is C13H15BrN4S. The minimum Gasteiger partial charge on any atom is -0.327 e. The van der Waals surface area contributed by atoms with E-state index in [1.165, 1.54) is 11.8 Å². The normalized spacial score (nSPS) is 12.4. The van der Waals surface area contributed by atoms with Crippen LogP contribution in [0.25, 0.3) is 0 Å². The van der Waals surface area contributed by atoms with Crippen LogP contribution < -0.4 is 5.73 Å². The topological polar surface area (TPSA) is 64.7 Å². The number of nitrogens with two attached hydrogens (primary N) is 1. The number of hydrogen-bond acceptors (Lipinski definition) is 5. The van der Waals surface area contributed by atoms with E-state index in [2.05, 4.69) is 37.8 Å². The van der Waals surface area contributed by atoms with Gasteiger partial charge in [-0.25, -0.2) is 15.0 Å². The monoisotopic (exact) mass is 338 g/mol. The van der Waals surface area contributed by atoms with Crippen LogP contribution in [0.5, 0.6) is 0 Å². The average molecular weight is 339 g/mol. The van der Waals surface area contributed by atoms with Crippen molar-refractivity contribution in [2.45, 2.75) is 36.0 Å². The first-order valence-corrected chi connectivity index (χ1v) is 7.65. The summed E-state index contributed by atoms with van der Waals surface area (Å²) in [6.07, 6.45) is 7.19. The summed E-state index contributed by atoms with van der Waals surface area (Å²) in [6, 6.07) is 4.00. The lowest BCUT2D eigenvalue weighted by Gasteiger charge is -2.08. The Bertz CT molecular complexity index is 532. The second-order valence-electron chi connectivity index (χ2n) is 4.14. The van der Waals surface area contributed by atoms with Crippen LogP contribution in [0, 0.1) is 0 Å². The van der Waals surface area contributed by atoms with Gasteiger partial charge in [0, 0.05) is 24.6 Å². The highest BCUT2D eigenvalue weighted by Crippen LogP contribution is 2.28. The Kier molecular flexibility index (Phi) is 5.30. The lowest BCUT2D eigenvalue weighted by Crippen LogP contribution is -2.21. The largest absolute Gasteiger partial charge is 0.327 e. The molecule has 6 heteroatoms. The molecule has 4 nitrogen and oxygen atoms in total. The number of nitrogens with zero attached hydrogens (tertiary/aromatic N) is 3. The molecule has 2 N–H and O–H groups in total. The summed E-state index contributed by atoms with van der Waals surface area (Å²) >= 11 is 4.89. The highest BCUT2D eigenvalue weighted by molar-refractivity contribution is 9.10. The van der Waals surface area contributed by atoms with E-state index >= 15 is 0 Å². The van der Waals surface area contributed by atoms with Crippen molar-refractivity contribution < 1.29 is 0 Å². The maximum atomic E-state index is 5.91. The van der Waals surface area contributed by atoms with Crippen LogP contribution in [0.2, 0.25) is 0 Å². The maximum Gasteiger partial charge on any atom is 0.193 e. The highest BCUT2D eigenvalue weighted by atomic mass is 79.9. The second kappa shape index (κ2) is 6.98. The molecule has 2 aromatic rings. The average Bonchev–Trinajstić information content (AvgIpc) is 2.43. The van der Waals surface area contributed by atoms with E-state index in [1.54, 1.807) is 6.20 Å². The zero-order valence-electron chi connectivity index (χ0n) is 10.6. The first-order valence-electron chi connectivity index (χ1n) is 6.04. The van der Waals surface area contributed by atoms with Gasteiger partial charge in [-0.15, -0.1) is 0 Å². The summed E-state index contributed by atoms with van der Waals surface area (Å²) in [5, 5.41) is 1.55. The van der Waals surface area contributed by atoms with Gasteiger partial charge in [-0.1, -0.05) is 6.92 Å². The molecule has 0 aliphatic heterocycles. The fraction of sp³-hybridized carbons (Fsp3) is 0.308. The van der Waals surface area contributed by atoms with Gasteiger partial charge >= 0.3 is 0 Å². The lowest BCUT2D eigenvalue weighted by molar-refractivity contribution is 0.641. The number of hydrogen-bond donors (Lipinski definition) is 1. The van der Waals surface area contributed by atoms with E-state index in [4.69, 9.17) is 5.73 Å². The fourth-order valence-corrected chi connectivity index (χ4v) is 2.64. The van der Waals surface area contributed by atoms with E-state index < -0.39 is 0 Å². The van der Waals surface area contributed by atoms with E-state index in [0.717, 1.165) is 27.9 Å². The summed E-state index contributed by atoms with van der Waals surface area (Å²) in [5.41, 5.74) is 6.98. The number of rotatable bonds is 5. The van der Waals surface area contributed by atoms with E-state index in [1.807, 2.05) is 24.5 Å². The number of halogens is 1. The smallest absolute Gasteiger partial charge is 0.193 e. The lowest BCUT2D eigenvalue weighted by atomic mass is 10.1. The Labute approximate surface area is 125 Å². The molecule has 2 aromatic heterocycles. The Morgan fingerprint density at radius 3 is 2.68 bits per heavy atom. The van der Waals surface area contributed by atoms with Crippen molar-refractivity contribution in [3.8, 4) is 0 Å². The quantitative estimate of drug-likeness (QED) is 0.848. The molecule has 0 aliphatic carbocycles. The van der Waals surface area contributed by atoms with Gasteiger partial charge in [0.25, 0.3) is 0 Å². The third kappa shape index (κ3) is 4.26. The van der Waals surface area contributed by atoms with Gasteiger partial charge in [-0.3, -0.25) is 0 Å². The number of aromatic nitrogens is 3. The summed E-state index contributed by atoms with van der Waals surface area (Å²) in [4.78, 5) is 12.9. The predicted molar refractivity (Wildman–Crippen MR) is 80.1 cm³/mol. The Hall–Kier alpha value is -0.980. The van der Waals surface area contributed by atoms with Crippen molar-refractivity contribution >= 4 is 27.7 Å². The summed E-state index contributed by atoms with van der Waals surface area (Å²) < 4.78 is 0.945. The maximum absolute atomic E-state index is 5.91. The van der Waals surface area contributed by atoms with Gasteiger partial charge in [-0.2, -0.15) is 0 Å². The van der Waals surface area contributed by atoms with E-state index in [-0.39, 0.29) is 6.04 Å². The standard InChI is InChI=1S/C13H15BrN4S/c1-2-10(15)6-9-7-17-13(18-8-9)19-12-11(14)4-3-5-16-12/h3-5,7-8,10H,2,6,15H2,1H3. The van der Waals surface area contributed by atoms with E-state index in [9.17, 15) is 0 Å². The SMILES string of the molecule is CCC(N)Cc1cnc(Sc2ncccc2Br)nc1. The van der Waals surface area contributed by atoms with Gasteiger partial charge in [0.15, 0.2) is 5.16 Å². The summed E-state index contributed by atoms with van der Waals surface area (Å²) in [6.45, 7) is 2.08. The molecule has 1 atom stereocenters. The Morgan fingerprint density at radius 2 is 2.05 bits per heavy atom. The molecule has 19 heavy (non-hydrogen) atoms. The minimum atomic E-state index is 0.173. The van der Waals surface area contributed by atoms with Crippen molar-refractivity contribution in [3.63, 3.8) is 0 Å². The van der Waals surface area contributed by atoms with Crippen LogP contribution in [0.1, 0.15) is 18.9 Å². The van der Waals surface area contributed by atoms with Gasteiger partial charge in [-0.05, 0) is 58.2 Å². The van der Waals surface area contributed by atoms with Crippen LogP contribution >= 0.6 is 27.7 Å². The van der Waals surface area contributed by atoms with Crippen LogP contribution in [0.15, 0.2) is 45.4 Å². The van der Waals surface area contributed by atoms with Crippen molar-refractivity contribution in [3.05, 3.63) is 40.8 Å². The molecule has 0 saturated carbocycles. The van der Waals surface area contributed by atoms with Crippen LogP contribution in [0.4, 0.5) is 0 Å². The van der Waals surface area contributed by atoms with Crippen molar-refractivity contribution in [1.82, 2.24) is 15.0 Å². The van der Waals surface area contributed by atoms with Gasteiger partial charge in [0.1, 0.15) is 5.03 Å². The Balaban J connectivity index is 2.05. The second-order valence-corrected chi connectivity index (χ2v) is 5.95. The molecule has 0 radical (unpaired) electrons. The minimum absolute atomic E-state index is 0.173. The summed E-state index contributed by atoms with van der Waals surface area (Å²) in [7, 11) is 0. The van der Waals surface area contributed by atoms with Crippen LogP contribution in [-0.2, 0) is 6.42 Å². The van der Waals surface area contributed by atoms with Crippen molar-refractivity contribution in [1.29, 1.82) is 0 Å². The van der Waals surface area contributed by atoms with Crippen LogP contribution in [0.3, 0.4) is 0 Å². The molecule has 100 valence electrons. The first-order chi connectivity index (χ1) is 9.19. The van der Waals surface area contributed by atoms with Gasteiger partial charge in [0.2, 0.25) is 0 Å². The van der Waals surface area contributed by atoms with Crippen LogP contribution in [-0.4, -0.2) is 21.0 Å². The van der Waals surface area contributed by atoms with E-state index in [0.29, 0.717) is 5.16 Å². The number of pyridine rings is 1. The molecule has 2 heterocycles. The molecule has 0 saturated heterocycles. The molecule has 0 amide bonds. The van der Waals surface area contributed by atoms with Gasteiger partial charge in [0.05, 0.1) is 4.47 Å².